The van der Waals surface area contributed by atoms with E-state index < -0.39 is 12.0 Å². The fourth-order valence-corrected chi connectivity index (χ4v) is 2.23. The minimum absolute atomic E-state index is 0.0522. The highest BCUT2D eigenvalue weighted by Gasteiger charge is 2.20. The zero-order valence-electron chi connectivity index (χ0n) is 9.53. The van der Waals surface area contributed by atoms with E-state index in [1.54, 1.807) is 13.0 Å². The van der Waals surface area contributed by atoms with Gasteiger partial charge in [0.25, 0.3) is 0 Å². The molecule has 0 saturated carbocycles. The summed E-state index contributed by atoms with van der Waals surface area (Å²) in [4.78, 5) is 10.7. The van der Waals surface area contributed by atoms with E-state index in [9.17, 15) is 9.90 Å². The molecule has 0 bridgehead atoms. The number of aryl methyl sites for hydroxylation is 1. The maximum atomic E-state index is 10.7. The van der Waals surface area contributed by atoms with Crippen LogP contribution in [0.3, 0.4) is 0 Å². The van der Waals surface area contributed by atoms with Crippen molar-refractivity contribution in [3.05, 3.63) is 21.7 Å². The van der Waals surface area contributed by atoms with Crippen molar-refractivity contribution in [1.29, 1.82) is 0 Å². The van der Waals surface area contributed by atoms with E-state index in [2.05, 4.69) is 15.9 Å². The normalized spacial score (nSPS) is 12.2. The van der Waals surface area contributed by atoms with E-state index >= 15 is 0 Å². The molecule has 0 saturated heterocycles. The molecular formula is C11H14BrNO4. The largest absolute Gasteiger partial charge is 0.504 e. The summed E-state index contributed by atoms with van der Waals surface area (Å²) >= 11 is 3.25. The SMILES string of the molecule is COc1c(Br)cc(C)c(CC(N)C(=O)O)c1O. The highest BCUT2D eigenvalue weighted by atomic mass is 79.9. The number of rotatable bonds is 4. The van der Waals surface area contributed by atoms with Crippen LogP contribution in [0.15, 0.2) is 10.5 Å². The van der Waals surface area contributed by atoms with Gasteiger partial charge in [0, 0.05) is 12.0 Å². The minimum atomic E-state index is -1.11. The van der Waals surface area contributed by atoms with Crippen molar-refractivity contribution in [2.45, 2.75) is 19.4 Å². The molecule has 94 valence electrons. The van der Waals surface area contributed by atoms with Gasteiger partial charge in [0.05, 0.1) is 11.6 Å². The summed E-state index contributed by atoms with van der Waals surface area (Å²) in [6, 6.07) is 0.702. The maximum absolute atomic E-state index is 10.7. The smallest absolute Gasteiger partial charge is 0.320 e. The number of aliphatic carboxylic acids is 1. The Morgan fingerprint density at radius 3 is 2.71 bits per heavy atom. The van der Waals surface area contributed by atoms with E-state index in [0.29, 0.717) is 10.0 Å². The lowest BCUT2D eigenvalue weighted by atomic mass is 10.00. The Labute approximate surface area is 107 Å². The third-order valence-corrected chi connectivity index (χ3v) is 3.07. The number of carbonyl (C=O) groups is 1. The highest BCUT2D eigenvalue weighted by Crippen LogP contribution is 2.39. The van der Waals surface area contributed by atoms with Gasteiger partial charge in [0.15, 0.2) is 11.5 Å². The van der Waals surface area contributed by atoms with Crippen LogP contribution >= 0.6 is 15.9 Å². The molecule has 0 heterocycles. The van der Waals surface area contributed by atoms with E-state index in [1.807, 2.05) is 0 Å². The summed E-state index contributed by atoms with van der Waals surface area (Å²) in [7, 11) is 1.43. The monoisotopic (exact) mass is 303 g/mol. The lowest BCUT2D eigenvalue weighted by Crippen LogP contribution is -2.32. The van der Waals surface area contributed by atoms with Gasteiger partial charge in [-0.05, 0) is 34.5 Å². The Bertz CT molecular complexity index is 448. The molecule has 6 heteroatoms. The second kappa shape index (κ2) is 5.37. The fraction of sp³-hybridized carbons (Fsp3) is 0.364. The van der Waals surface area contributed by atoms with Gasteiger partial charge < -0.3 is 20.7 Å². The summed E-state index contributed by atoms with van der Waals surface area (Å²) < 4.78 is 5.64. The lowest BCUT2D eigenvalue weighted by molar-refractivity contribution is -0.138. The van der Waals surface area contributed by atoms with Gasteiger partial charge in [0.2, 0.25) is 0 Å². The van der Waals surface area contributed by atoms with Crippen molar-refractivity contribution in [2.75, 3.05) is 7.11 Å². The predicted molar refractivity (Wildman–Crippen MR) is 66.4 cm³/mol. The molecule has 0 fully saturated rings. The van der Waals surface area contributed by atoms with Gasteiger partial charge in [-0.2, -0.15) is 0 Å². The number of phenols is 1. The average molecular weight is 304 g/mol. The van der Waals surface area contributed by atoms with E-state index in [-0.39, 0.29) is 17.9 Å². The molecule has 0 aliphatic heterocycles. The van der Waals surface area contributed by atoms with E-state index in [0.717, 1.165) is 5.56 Å². The number of halogens is 1. The first-order valence-electron chi connectivity index (χ1n) is 4.91. The van der Waals surface area contributed by atoms with E-state index in [4.69, 9.17) is 15.6 Å². The summed E-state index contributed by atoms with van der Waals surface area (Å²) in [5.41, 5.74) is 6.70. The van der Waals surface area contributed by atoms with Gasteiger partial charge in [-0.15, -0.1) is 0 Å². The highest BCUT2D eigenvalue weighted by molar-refractivity contribution is 9.10. The molecular weight excluding hydrogens is 290 g/mol. The fourth-order valence-electron chi connectivity index (χ4n) is 1.54. The Morgan fingerprint density at radius 1 is 1.65 bits per heavy atom. The van der Waals surface area contributed by atoms with Crippen LogP contribution < -0.4 is 10.5 Å². The molecule has 1 rings (SSSR count). The molecule has 4 N–H and O–H groups in total. The molecule has 17 heavy (non-hydrogen) atoms. The topological polar surface area (TPSA) is 92.8 Å². The standard InChI is InChI=1S/C11H14BrNO4/c1-5-3-7(12)10(17-2)9(14)6(5)4-8(13)11(15)16/h3,8,14H,4,13H2,1-2H3,(H,15,16). The molecule has 0 spiro atoms. The zero-order chi connectivity index (χ0) is 13.2. The first-order chi connectivity index (χ1) is 7.88. The molecule has 0 radical (unpaired) electrons. The molecule has 5 nitrogen and oxygen atoms in total. The van der Waals surface area contributed by atoms with Crippen molar-refractivity contribution in [3.8, 4) is 11.5 Å². The van der Waals surface area contributed by atoms with Crippen LogP contribution in [0, 0.1) is 6.92 Å². The Hall–Kier alpha value is -1.27. The van der Waals surface area contributed by atoms with Crippen molar-refractivity contribution in [1.82, 2.24) is 0 Å². The molecule has 1 aromatic carbocycles. The second-order valence-corrected chi connectivity index (χ2v) is 4.54. The summed E-state index contributed by atoms with van der Waals surface area (Å²) in [5.74, 6) is -0.898. The zero-order valence-corrected chi connectivity index (χ0v) is 11.1. The van der Waals surface area contributed by atoms with Crippen LogP contribution in [0.2, 0.25) is 0 Å². The molecule has 1 atom stereocenters. The number of hydrogen-bond donors (Lipinski definition) is 3. The Kier molecular flexibility index (Phi) is 4.36. The number of carboxylic acid groups (broad SMARTS) is 1. The summed E-state index contributed by atoms with van der Waals surface area (Å²) in [5, 5.41) is 18.7. The molecule has 1 aromatic rings. The van der Waals surface area contributed by atoms with Crippen LogP contribution in [-0.2, 0) is 11.2 Å². The number of phenolic OH excluding ortho intramolecular Hbond substituents is 1. The molecule has 0 aromatic heterocycles. The summed E-state index contributed by atoms with van der Waals surface area (Å²) in [6.07, 6.45) is 0.0522. The average Bonchev–Trinajstić information content (AvgIpc) is 2.24. The third kappa shape index (κ3) is 2.89. The summed E-state index contributed by atoms with van der Waals surface area (Å²) in [6.45, 7) is 1.77. The number of nitrogens with two attached hydrogens (primary N) is 1. The van der Waals surface area contributed by atoms with Gasteiger partial charge in [-0.3, -0.25) is 4.79 Å². The number of methoxy groups -OCH3 is 1. The van der Waals surface area contributed by atoms with Crippen LogP contribution in [0.25, 0.3) is 0 Å². The lowest BCUT2D eigenvalue weighted by Gasteiger charge is -2.15. The van der Waals surface area contributed by atoms with Gasteiger partial charge in [-0.1, -0.05) is 0 Å². The van der Waals surface area contributed by atoms with Crippen LogP contribution in [0.4, 0.5) is 0 Å². The van der Waals surface area contributed by atoms with Crippen molar-refractivity contribution in [2.24, 2.45) is 5.73 Å². The van der Waals surface area contributed by atoms with Gasteiger partial charge >= 0.3 is 5.97 Å². The van der Waals surface area contributed by atoms with Gasteiger partial charge in [-0.25, -0.2) is 0 Å². The number of hydrogen-bond acceptors (Lipinski definition) is 4. The second-order valence-electron chi connectivity index (χ2n) is 3.68. The molecule has 0 aliphatic carbocycles. The number of ether oxygens (including phenoxy) is 1. The van der Waals surface area contributed by atoms with Crippen LogP contribution in [0.5, 0.6) is 11.5 Å². The number of aromatic hydroxyl groups is 1. The predicted octanol–water partition coefficient (Wildman–Crippen LogP) is 1.43. The third-order valence-electron chi connectivity index (χ3n) is 2.48. The first kappa shape index (κ1) is 13.8. The quantitative estimate of drug-likeness (QED) is 0.782. The first-order valence-corrected chi connectivity index (χ1v) is 5.71. The van der Waals surface area contributed by atoms with Crippen LogP contribution in [0.1, 0.15) is 11.1 Å². The van der Waals surface area contributed by atoms with Gasteiger partial charge in [0.1, 0.15) is 6.04 Å². The van der Waals surface area contributed by atoms with E-state index in [1.165, 1.54) is 7.11 Å². The number of benzene rings is 1. The Morgan fingerprint density at radius 2 is 2.24 bits per heavy atom. The molecule has 1 unspecified atom stereocenters. The van der Waals surface area contributed by atoms with Crippen LogP contribution in [-0.4, -0.2) is 29.3 Å². The Balaban J connectivity index is 3.20. The number of carboxylic acids is 1. The van der Waals surface area contributed by atoms with Crippen molar-refractivity contribution >= 4 is 21.9 Å². The molecule has 0 aliphatic rings. The minimum Gasteiger partial charge on any atom is -0.504 e. The van der Waals surface area contributed by atoms with Crippen molar-refractivity contribution in [3.63, 3.8) is 0 Å². The molecule has 0 amide bonds. The van der Waals surface area contributed by atoms with Crippen molar-refractivity contribution < 1.29 is 19.7 Å². The maximum Gasteiger partial charge on any atom is 0.320 e.